The van der Waals surface area contributed by atoms with E-state index in [2.05, 4.69) is 20.9 Å². The first-order valence-corrected chi connectivity index (χ1v) is 4.57. The Morgan fingerprint density at radius 3 is 2.47 bits per heavy atom. The molecule has 1 aliphatic heterocycles. The molecular formula is C8H12N4O3. The van der Waals surface area contributed by atoms with Crippen LogP contribution in [0.3, 0.4) is 0 Å². The number of nitrogens with one attached hydrogen (secondary N) is 3. The van der Waals surface area contributed by atoms with Gasteiger partial charge in [-0.3, -0.25) is 25.0 Å². The van der Waals surface area contributed by atoms with Gasteiger partial charge in [0.25, 0.3) is 0 Å². The topological polar surface area (TPSA) is 99.7 Å². The summed E-state index contributed by atoms with van der Waals surface area (Å²) < 4.78 is 0. The number of hydrogen-bond donors (Lipinski definition) is 3. The summed E-state index contributed by atoms with van der Waals surface area (Å²) in [5, 5.41) is 6.98. The van der Waals surface area contributed by atoms with E-state index in [1.807, 2.05) is 6.92 Å². The fourth-order valence-corrected chi connectivity index (χ4v) is 0.910. The summed E-state index contributed by atoms with van der Waals surface area (Å²) in [5.74, 6) is -1.75. The lowest BCUT2D eigenvalue weighted by molar-refractivity contribution is -0.135. The van der Waals surface area contributed by atoms with Gasteiger partial charge in [0.1, 0.15) is 6.54 Å². The van der Waals surface area contributed by atoms with Crippen molar-refractivity contribution in [3.63, 3.8) is 0 Å². The van der Waals surface area contributed by atoms with Crippen LogP contribution in [0.15, 0.2) is 4.99 Å². The molecule has 7 heteroatoms. The lowest BCUT2D eigenvalue weighted by Gasteiger charge is -2.00. The van der Waals surface area contributed by atoms with Gasteiger partial charge in [-0.1, -0.05) is 6.92 Å². The Morgan fingerprint density at radius 1 is 1.33 bits per heavy atom. The molecule has 1 heterocycles. The van der Waals surface area contributed by atoms with Crippen LogP contribution in [0.25, 0.3) is 0 Å². The Labute approximate surface area is 86.3 Å². The molecule has 0 aromatic carbocycles. The highest BCUT2D eigenvalue weighted by atomic mass is 16.2. The standard InChI is InChI=1S/C8H12N4O3/c1-2-3-9-5(13)4-10-8-11-6(14)7(15)12-8/h2-4H2,1H3,(H,9,13)(H2,10,11,12,14,15). The van der Waals surface area contributed by atoms with E-state index < -0.39 is 11.8 Å². The Bertz CT molecular complexity index is 306. The molecule has 0 unspecified atom stereocenters. The maximum atomic E-state index is 11.1. The molecular weight excluding hydrogens is 200 g/mol. The van der Waals surface area contributed by atoms with Gasteiger partial charge in [-0.2, -0.15) is 0 Å². The first-order valence-electron chi connectivity index (χ1n) is 4.57. The minimum Gasteiger partial charge on any atom is -0.355 e. The molecule has 1 saturated heterocycles. The molecule has 0 saturated carbocycles. The van der Waals surface area contributed by atoms with Crippen molar-refractivity contribution in [3.8, 4) is 0 Å². The molecule has 7 nitrogen and oxygen atoms in total. The quantitative estimate of drug-likeness (QED) is 0.475. The van der Waals surface area contributed by atoms with Gasteiger partial charge in [0.05, 0.1) is 0 Å². The zero-order valence-electron chi connectivity index (χ0n) is 8.29. The van der Waals surface area contributed by atoms with Crippen LogP contribution in [0.2, 0.25) is 0 Å². The third kappa shape index (κ3) is 3.37. The van der Waals surface area contributed by atoms with Crippen LogP contribution in [0, 0.1) is 0 Å². The largest absolute Gasteiger partial charge is 0.355 e. The molecule has 0 aliphatic carbocycles. The number of aliphatic imine (C=N–C) groups is 1. The molecule has 0 spiro atoms. The van der Waals surface area contributed by atoms with Crippen LogP contribution < -0.4 is 16.0 Å². The summed E-state index contributed by atoms with van der Waals surface area (Å²) in [6.07, 6.45) is 0.843. The Hall–Kier alpha value is -1.92. The highest BCUT2D eigenvalue weighted by molar-refractivity contribution is 6.45. The van der Waals surface area contributed by atoms with Crippen molar-refractivity contribution in [1.29, 1.82) is 0 Å². The first kappa shape index (κ1) is 11.2. The summed E-state index contributed by atoms with van der Waals surface area (Å²) >= 11 is 0. The third-order valence-corrected chi connectivity index (χ3v) is 1.62. The van der Waals surface area contributed by atoms with Gasteiger partial charge >= 0.3 is 11.8 Å². The number of amides is 3. The lowest BCUT2D eigenvalue weighted by atomic mass is 10.4. The van der Waals surface area contributed by atoms with Gasteiger partial charge < -0.3 is 5.32 Å². The predicted molar refractivity (Wildman–Crippen MR) is 51.9 cm³/mol. The van der Waals surface area contributed by atoms with Crippen LogP contribution in [0.1, 0.15) is 13.3 Å². The number of guanidine groups is 1. The predicted octanol–water partition coefficient (Wildman–Crippen LogP) is -1.89. The summed E-state index contributed by atoms with van der Waals surface area (Å²) in [7, 11) is 0. The molecule has 0 aromatic rings. The van der Waals surface area contributed by atoms with Gasteiger partial charge in [-0.15, -0.1) is 0 Å². The average molecular weight is 212 g/mol. The Morgan fingerprint density at radius 2 is 1.93 bits per heavy atom. The second kappa shape index (κ2) is 5.08. The molecule has 1 aliphatic rings. The molecule has 82 valence electrons. The van der Waals surface area contributed by atoms with Crippen molar-refractivity contribution >= 4 is 23.7 Å². The maximum Gasteiger partial charge on any atom is 0.316 e. The molecule has 15 heavy (non-hydrogen) atoms. The molecule has 1 fully saturated rings. The summed E-state index contributed by atoms with van der Waals surface area (Å²) in [6.45, 7) is 2.40. The molecule has 3 amide bonds. The summed E-state index contributed by atoms with van der Waals surface area (Å²) in [6, 6.07) is 0. The van der Waals surface area contributed by atoms with Gasteiger partial charge in [-0.25, -0.2) is 4.99 Å². The molecule has 1 rings (SSSR count). The summed E-state index contributed by atoms with van der Waals surface area (Å²) in [4.78, 5) is 36.2. The molecule has 0 bridgehead atoms. The highest BCUT2D eigenvalue weighted by Crippen LogP contribution is 1.83. The number of rotatable bonds is 4. The van der Waals surface area contributed by atoms with Crippen molar-refractivity contribution in [2.24, 2.45) is 4.99 Å². The van der Waals surface area contributed by atoms with Gasteiger partial charge in [-0.05, 0) is 6.42 Å². The number of hydrogen-bond acceptors (Lipinski definition) is 4. The van der Waals surface area contributed by atoms with Gasteiger partial charge in [0.15, 0.2) is 0 Å². The number of carbonyl (C=O) groups excluding carboxylic acids is 3. The van der Waals surface area contributed by atoms with Crippen molar-refractivity contribution in [3.05, 3.63) is 0 Å². The van der Waals surface area contributed by atoms with Crippen LogP contribution in [0.4, 0.5) is 0 Å². The Kier molecular flexibility index (Phi) is 3.78. The van der Waals surface area contributed by atoms with E-state index in [1.165, 1.54) is 0 Å². The average Bonchev–Trinajstić information content (AvgIpc) is 2.52. The van der Waals surface area contributed by atoms with E-state index >= 15 is 0 Å². The zero-order valence-corrected chi connectivity index (χ0v) is 8.29. The monoisotopic (exact) mass is 212 g/mol. The summed E-state index contributed by atoms with van der Waals surface area (Å²) in [5.41, 5.74) is 0. The minimum absolute atomic E-state index is 0.0247. The van der Waals surface area contributed by atoms with Crippen LogP contribution in [-0.2, 0) is 14.4 Å². The van der Waals surface area contributed by atoms with E-state index in [9.17, 15) is 14.4 Å². The smallest absolute Gasteiger partial charge is 0.316 e. The highest BCUT2D eigenvalue weighted by Gasteiger charge is 2.24. The maximum absolute atomic E-state index is 11.1. The van der Waals surface area contributed by atoms with E-state index in [4.69, 9.17) is 0 Å². The van der Waals surface area contributed by atoms with Crippen molar-refractivity contribution < 1.29 is 14.4 Å². The van der Waals surface area contributed by atoms with Crippen molar-refractivity contribution in [1.82, 2.24) is 16.0 Å². The lowest BCUT2D eigenvalue weighted by Crippen LogP contribution is -2.30. The molecule has 0 aromatic heterocycles. The third-order valence-electron chi connectivity index (χ3n) is 1.62. The van der Waals surface area contributed by atoms with E-state index in [-0.39, 0.29) is 18.4 Å². The van der Waals surface area contributed by atoms with Crippen molar-refractivity contribution in [2.45, 2.75) is 13.3 Å². The van der Waals surface area contributed by atoms with E-state index in [0.29, 0.717) is 6.54 Å². The number of nitrogens with zero attached hydrogens (tertiary/aromatic N) is 1. The second-order valence-electron chi connectivity index (χ2n) is 2.92. The van der Waals surface area contributed by atoms with E-state index in [0.717, 1.165) is 6.42 Å². The number of carbonyl (C=O) groups is 3. The molecule has 0 atom stereocenters. The fourth-order valence-electron chi connectivity index (χ4n) is 0.910. The second-order valence-corrected chi connectivity index (χ2v) is 2.92. The fraction of sp³-hybridized carbons (Fsp3) is 0.500. The SMILES string of the molecule is CCCNC(=O)CN=C1NC(=O)C(=O)N1. The minimum atomic E-state index is -0.761. The Balaban J connectivity index is 2.36. The van der Waals surface area contributed by atoms with Gasteiger partial charge in [0.2, 0.25) is 11.9 Å². The zero-order chi connectivity index (χ0) is 11.3. The van der Waals surface area contributed by atoms with Crippen LogP contribution in [0.5, 0.6) is 0 Å². The normalized spacial score (nSPS) is 14.6. The van der Waals surface area contributed by atoms with Crippen LogP contribution >= 0.6 is 0 Å². The molecule has 3 N–H and O–H groups in total. The van der Waals surface area contributed by atoms with Gasteiger partial charge in [0, 0.05) is 6.54 Å². The van der Waals surface area contributed by atoms with E-state index in [1.54, 1.807) is 0 Å². The van der Waals surface area contributed by atoms with Crippen molar-refractivity contribution in [2.75, 3.05) is 13.1 Å². The first-order chi connectivity index (χ1) is 7.13. The van der Waals surface area contributed by atoms with Crippen LogP contribution in [-0.4, -0.2) is 36.8 Å². The molecule has 0 radical (unpaired) electrons.